The average Bonchev–Trinajstić information content (AvgIpc) is 2.43. The molecule has 1 amide bonds. The first kappa shape index (κ1) is 15.4. The number of aliphatic carboxylic acids is 1. The van der Waals surface area contributed by atoms with Crippen LogP contribution in [0.5, 0.6) is 0 Å². The van der Waals surface area contributed by atoms with Gasteiger partial charge in [0.15, 0.2) is 0 Å². The zero-order valence-electron chi connectivity index (χ0n) is 11.7. The molecule has 0 aliphatic heterocycles. The lowest BCUT2D eigenvalue weighted by molar-refractivity contribution is -0.148. The van der Waals surface area contributed by atoms with Crippen LogP contribution < -0.4 is 5.32 Å². The fraction of sp³-hybridized carbons (Fsp3) is 0.467. The maximum atomic E-state index is 13.6. The van der Waals surface area contributed by atoms with Crippen molar-refractivity contribution in [3.8, 4) is 0 Å². The molecule has 21 heavy (non-hydrogen) atoms. The first-order chi connectivity index (χ1) is 9.86. The van der Waals surface area contributed by atoms with Gasteiger partial charge < -0.3 is 10.4 Å². The Balaban J connectivity index is 2.31. The second-order valence-electron chi connectivity index (χ2n) is 5.50. The number of nitrogens with one attached hydrogen (secondary N) is 1. The van der Waals surface area contributed by atoms with E-state index in [1.165, 1.54) is 0 Å². The lowest BCUT2D eigenvalue weighted by Crippen LogP contribution is -2.60. The van der Waals surface area contributed by atoms with Crippen LogP contribution in [0.2, 0.25) is 0 Å². The molecule has 1 aliphatic rings. The Morgan fingerprint density at radius 2 is 2.05 bits per heavy atom. The summed E-state index contributed by atoms with van der Waals surface area (Å²) in [5.74, 6) is -3.94. The third kappa shape index (κ3) is 2.89. The van der Waals surface area contributed by atoms with Gasteiger partial charge in [-0.25, -0.2) is 13.6 Å². The molecule has 0 saturated heterocycles. The fourth-order valence-corrected chi connectivity index (χ4v) is 2.85. The number of carbonyl (C=O) groups is 2. The van der Waals surface area contributed by atoms with Gasteiger partial charge in [-0.15, -0.1) is 0 Å². The second kappa shape index (κ2) is 5.79. The summed E-state index contributed by atoms with van der Waals surface area (Å²) in [6, 6.07) is 2.53. The van der Waals surface area contributed by atoms with Gasteiger partial charge in [-0.2, -0.15) is 0 Å². The first-order valence-corrected chi connectivity index (χ1v) is 6.88. The molecule has 0 spiro atoms. The van der Waals surface area contributed by atoms with E-state index in [-0.39, 0.29) is 12.3 Å². The van der Waals surface area contributed by atoms with Crippen molar-refractivity contribution in [2.75, 3.05) is 0 Å². The Bertz CT molecular complexity index is 576. The summed E-state index contributed by atoms with van der Waals surface area (Å²) in [6.45, 7) is 1.75. The second-order valence-corrected chi connectivity index (χ2v) is 5.50. The molecular formula is C15H17F2NO3. The van der Waals surface area contributed by atoms with Crippen molar-refractivity contribution in [1.29, 1.82) is 0 Å². The van der Waals surface area contributed by atoms with Crippen LogP contribution in [0.1, 0.15) is 43.0 Å². The highest BCUT2D eigenvalue weighted by Crippen LogP contribution is 2.34. The highest BCUT2D eigenvalue weighted by Gasteiger charge is 2.46. The number of hydrogen-bond donors (Lipinski definition) is 2. The largest absolute Gasteiger partial charge is 0.479 e. The quantitative estimate of drug-likeness (QED) is 0.901. The Labute approximate surface area is 121 Å². The Morgan fingerprint density at radius 1 is 1.33 bits per heavy atom. The van der Waals surface area contributed by atoms with Gasteiger partial charge in [0, 0.05) is 0 Å². The minimum atomic E-state index is -1.42. The number of carbonyl (C=O) groups excluding carboxylic acids is 1. The highest BCUT2D eigenvalue weighted by molar-refractivity contribution is 5.98. The normalized spacial score (nSPS) is 25.4. The van der Waals surface area contributed by atoms with Crippen LogP contribution in [0.4, 0.5) is 8.78 Å². The molecule has 2 N–H and O–H groups in total. The van der Waals surface area contributed by atoms with Crippen LogP contribution in [0.25, 0.3) is 0 Å². The number of carboxylic acid groups (broad SMARTS) is 1. The van der Waals surface area contributed by atoms with Crippen LogP contribution >= 0.6 is 0 Å². The lowest BCUT2D eigenvalue weighted by atomic mass is 9.73. The van der Waals surface area contributed by atoms with E-state index in [0.29, 0.717) is 12.8 Å². The predicted molar refractivity (Wildman–Crippen MR) is 71.8 cm³/mol. The van der Waals surface area contributed by atoms with Crippen molar-refractivity contribution in [2.45, 2.75) is 38.1 Å². The van der Waals surface area contributed by atoms with Crippen molar-refractivity contribution in [3.05, 3.63) is 35.4 Å². The smallest absolute Gasteiger partial charge is 0.329 e. The molecule has 2 rings (SSSR count). The van der Waals surface area contributed by atoms with Gasteiger partial charge in [-0.1, -0.05) is 19.8 Å². The monoisotopic (exact) mass is 297 g/mol. The first-order valence-electron chi connectivity index (χ1n) is 6.88. The van der Waals surface area contributed by atoms with Crippen molar-refractivity contribution < 1.29 is 23.5 Å². The number of benzene rings is 1. The zero-order valence-corrected chi connectivity index (χ0v) is 11.7. The average molecular weight is 297 g/mol. The third-order valence-corrected chi connectivity index (χ3v) is 4.19. The minimum Gasteiger partial charge on any atom is -0.479 e. The van der Waals surface area contributed by atoms with Gasteiger partial charge in [0.1, 0.15) is 17.2 Å². The van der Waals surface area contributed by atoms with E-state index in [4.69, 9.17) is 0 Å². The SMILES string of the molecule is CC1CCCCC1(NC(=O)c1cc(F)ccc1F)C(=O)O. The summed E-state index contributed by atoms with van der Waals surface area (Å²) >= 11 is 0. The molecule has 1 saturated carbocycles. The maximum Gasteiger partial charge on any atom is 0.329 e. The number of halogens is 2. The fourth-order valence-electron chi connectivity index (χ4n) is 2.85. The molecule has 0 aromatic heterocycles. The van der Waals surface area contributed by atoms with E-state index in [1.807, 2.05) is 0 Å². The molecule has 0 bridgehead atoms. The van der Waals surface area contributed by atoms with Crippen LogP contribution in [0.15, 0.2) is 18.2 Å². The van der Waals surface area contributed by atoms with Crippen LogP contribution in [0.3, 0.4) is 0 Å². The Hall–Kier alpha value is -1.98. The van der Waals surface area contributed by atoms with Crippen LogP contribution in [0, 0.1) is 17.6 Å². The summed E-state index contributed by atoms with van der Waals surface area (Å²) in [5.41, 5.74) is -1.90. The summed E-state index contributed by atoms with van der Waals surface area (Å²) in [4.78, 5) is 23.8. The van der Waals surface area contributed by atoms with E-state index >= 15 is 0 Å². The van der Waals surface area contributed by atoms with Crippen molar-refractivity contribution in [2.24, 2.45) is 5.92 Å². The summed E-state index contributed by atoms with van der Waals surface area (Å²) < 4.78 is 26.8. The third-order valence-electron chi connectivity index (χ3n) is 4.19. The number of carboxylic acids is 1. The van der Waals surface area contributed by atoms with Crippen molar-refractivity contribution in [1.82, 2.24) is 5.32 Å². The van der Waals surface area contributed by atoms with E-state index in [1.54, 1.807) is 6.92 Å². The topological polar surface area (TPSA) is 66.4 Å². The maximum absolute atomic E-state index is 13.6. The summed E-state index contributed by atoms with van der Waals surface area (Å²) in [5, 5.41) is 11.9. The van der Waals surface area contributed by atoms with E-state index in [9.17, 15) is 23.5 Å². The molecule has 1 aliphatic carbocycles. The van der Waals surface area contributed by atoms with Gasteiger partial charge >= 0.3 is 5.97 Å². The van der Waals surface area contributed by atoms with Gasteiger partial charge in [-0.05, 0) is 37.0 Å². The summed E-state index contributed by atoms with van der Waals surface area (Å²) in [7, 11) is 0. The van der Waals surface area contributed by atoms with E-state index in [2.05, 4.69) is 5.32 Å². The lowest BCUT2D eigenvalue weighted by Gasteiger charge is -2.39. The molecule has 2 unspecified atom stereocenters. The summed E-state index contributed by atoms with van der Waals surface area (Å²) in [6.07, 6.45) is 2.51. The predicted octanol–water partition coefficient (Wildman–Crippen LogP) is 2.73. The molecular weight excluding hydrogens is 280 g/mol. The standard InChI is InChI=1S/C15H17F2NO3/c1-9-4-2-3-7-15(9,14(20)21)18-13(19)11-8-10(16)5-6-12(11)17/h5-6,8-9H,2-4,7H2,1H3,(H,18,19)(H,20,21). The van der Waals surface area contributed by atoms with Crippen molar-refractivity contribution in [3.63, 3.8) is 0 Å². The van der Waals surface area contributed by atoms with Crippen molar-refractivity contribution >= 4 is 11.9 Å². The minimum absolute atomic E-state index is 0.274. The van der Waals surface area contributed by atoms with Gasteiger partial charge in [0.25, 0.3) is 5.91 Å². The van der Waals surface area contributed by atoms with Gasteiger partial charge in [0.2, 0.25) is 0 Å². The number of rotatable bonds is 3. The molecule has 0 heterocycles. The van der Waals surface area contributed by atoms with E-state index in [0.717, 1.165) is 24.6 Å². The molecule has 0 radical (unpaired) electrons. The number of hydrogen-bond acceptors (Lipinski definition) is 2. The highest BCUT2D eigenvalue weighted by atomic mass is 19.1. The Morgan fingerprint density at radius 3 is 2.67 bits per heavy atom. The molecule has 6 heteroatoms. The van der Waals surface area contributed by atoms with Gasteiger partial charge in [0.05, 0.1) is 5.56 Å². The number of amides is 1. The van der Waals surface area contributed by atoms with Crippen LogP contribution in [-0.2, 0) is 4.79 Å². The van der Waals surface area contributed by atoms with Crippen LogP contribution in [-0.4, -0.2) is 22.5 Å². The Kier molecular flexibility index (Phi) is 4.25. The zero-order chi connectivity index (χ0) is 15.6. The molecule has 1 aromatic rings. The molecule has 2 atom stereocenters. The molecule has 1 aromatic carbocycles. The molecule has 1 fully saturated rings. The van der Waals surface area contributed by atoms with E-state index < -0.39 is 34.6 Å². The van der Waals surface area contributed by atoms with Gasteiger partial charge in [-0.3, -0.25) is 4.79 Å². The molecule has 114 valence electrons. The molecule has 4 nitrogen and oxygen atoms in total.